The zero-order valence-electron chi connectivity index (χ0n) is 18.6. The van der Waals surface area contributed by atoms with Crippen molar-refractivity contribution in [1.82, 2.24) is 14.8 Å². The van der Waals surface area contributed by atoms with Gasteiger partial charge in [0, 0.05) is 22.5 Å². The molecule has 0 fully saturated rings. The number of anilines is 1. The molecular formula is C23H23Cl2N5O2S2. The molecular weight excluding hydrogens is 513 g/mol. The van der Waals surface area contributed by atoms with Crippen LogP contribution in [-0.2, 0) is 30.8 Å². The Hall–Kier alpha value is -2.25. The first-order valence-electron chi connectivity index (χ1n) is 11.0. The number of nitriles is 1. The van der Waals surface area contributed by atoms with Crippen LogP contribution in [0, 0.1) is 11.3 Å². The van der Waals surface area contributed by atoms with E-state index in [1.54, 1.807) is 18.2 Å². The summed E-state index contributed by atoms with van der Waals surface area (Å²) in [6, 6.07) is 7.31. The Morgan fingerprint density at radius 1 is 1.29 bits per heavy atom. The molecule has 7 nitrogen and oxygen atoms in total. The van der Waals surface area contributed by atoms with E-state index in [0.29, 0.717) is 43.9 Å². The topological polar surface area (TPSA) is 92.8 Å². The van der Waals surface area contributed by atoms with Crippen molar-refractivity contribution < 1.29 is 9.53 Å². The lowest BCUT2D eigenvalue weighted by Gasteiger charge is -2.10. The fraction of sp³-hybridized carbons (Fsp3) is 0.391. The summed E-state index contributed by atoms with van der Waals surface area (Å²) >= 11 is 15.0. The maximum absolute atomic E-state index is 12.7. The number of carbonyl (C=O) groups excluding carboxylic acids is 1. The second-order valence-electron chi connectivity index (χ2n) is 7.72. The lowest BCUT2D eigenvalue weighted by molar-refractivity contribution is -0.113. The number of fused-ring (bicyclic) bond motifs is 1. The van der Waals surface area contributed by atoms with E-state index in [4.69, 9.17) is 27.9 Å². The molecule has 1 N–H and O–H groups in total. The van der Waals surface area contributed by atoms with Crippen molar-refractivity contribution in [3.63, 3.8) is 0 Å². The minimum atomic E-state index is -0.174. The number of hydrogen-bond acceptors (Lipinski definition) is 7. The predicted molar refractivity (Wildman–Crippen MR) is 136 cm³/mol. The highest BCUT2D eigenvalue weighted by atomic mass is 35.5. The molecule has 0 aliphatic heterocycles. The number of aryl methyl sites for hydroxylation is 1. The first-order chi connectivity index (χ1) is 16.5. The Balaban J connectivity index is 1.38. The van der Waals surface area contributed by atoms with Gasteiger partial charge >= 0.3 is 0 Å². The summed E-state index contributed by atoms with van der Waals surface area (Å²) in [6.07, 6.45) is 5.28. The molecule has 1 aliphatic carbocycles. The first-order valence-corrected chi connectivity index (χ1v) is 13.5. The SMILES string of the molecule is CCn1c(COc2cc(Cl)ccc2Cl)nnc1SCC(=O)Nc1sc2c(c1C#N)CCCCC2. The fourth-order valence-electron chi connectivity index (χ4n) is 3.82. The molecule has 34 heavy (non-hydrogen) atoms. The van der Waals surface area contributed by atoms with Crippen molar-refractivity contribution >= 4 is 57.2 Å². The van der Waals surface area contributed by atoms with Crippen molar-refractivity contribution in [1.29, 1.82) is 5.26 Å². The number of halogens is 2. The predicted octanol–water partition coefficient (Wildman–Crippen LogP) is 6.12. The smallest absolute Gasteiger partial charge is 0.235 e. The molecule has 0 saturated heterocycles. The van der Waals surface area contributed by atoms with E-state index < -0.39 is 0 Å². The molecule has 1 aliphatic rings. The third-order valence-electron chi connectivity index (χ3n) is 5.48. The Kier molecular flexibility index (Phi) is 8.37. The summed E-state index contributed by atoms with van der Waals surface area (Å²) < 4.78 is 7.67. The van der Waals surface area contributed by atoms with Crippen molar-refractivity contribution in [2.24, 2.45) is 0 Å². The molecule has 0 bridgehead atoms. The molecule has 1 aromatic carbocycles. The standard InChI is InChI=1S/C23H23Cl2N5O2S2/c1-2-30-20(12-32-18-10-14(24)8-9-17(18)25)28-29-23(30)33-13-21(31)27-22-16(11-26)15-6-4-3-5-7-19(15)34-22/h8-10H,2-7,12-13H2,1H3,(H,27,31). The number of benzene rings is 1. The number of nitrogens with one attached hydrogen (secondary N) is 1. The summed E-state index contributed by atoms with van der Waals surface area (Å²) in [5.74, 6) is 1.07. The number of hydrogen-bond donors (Lipinski definition) is 1. The summed E-state index contributed by atoms with van der Waals surface area (Å²) in [7, 11) is 0. The van der Waals surface area contributed by atoms with Gasteiger partial charge in [0.25, 0.3) is 0 Å². The summed E-state index contributed by atoms with van der Waals surface area (Å²) in [5, 5.41) is 23.3. The molecule has 2 heterocycles. The quantitative estimate of drug-likeness (QED) is 0.276. The van der Waals surface area contributed by atoms with E-state index in [1.807, 2.05) is 11.5 Å². The second-order valence-corrected chi connectivity index (χ2v) is 10.6. The van der Waals surface area contributed by atoms with Crippen molar-refractivity contribution in [2.75, 3.05) is 11.1 Å². The number of carbonyl (C=O) groups is 1. The highest BCUT2D eigenvalue weighted by Gasteiger charge is 2.21. The third-order valence-corrected chi connectivity index (χ3v) is 8.20. The number of nitrogens with zero attached hydrogens (tertiary/aromatic N) is 4. The highest BCUT2D eigenvalue weighted by Crippen LogP contribution is 2.37. The van der Waals surface area contributed by atoms with E-state index in [0.717, 1.165) is 31.2 Å². The number of rotatable bonds is 8. The van der Waals surface area contributed by atoms with Crippen LogP contribution in [-0.4, -0.2) is 26.4 Å². The number of aromatic nitrogens is 3. The van der Waals surface area contributed by atoms with Crippen molar-refractivity contribution in [2.45, 2.75) is 57.3 Å². The maximum Gasteiger partial charge on any atom is 0.235 e. The largest absolute Gasteiger partial charge is 0.484 e. The van der Waals surface area contributed by atoms with Gasteiger partial charge in [0.1, 0.15) is 23.4 Å². The van der Waals surface area contributed by atoms with Crippen LogP contribution < -0.4 is 10.1 Å². The van der Waals surface area contributed by atoms with Gasteiger partial charge in [0.05, 0.1) is 16.3 Å². The summed E-state index contributed by atoms with van der Waals surface area (Å²) in [4.78, 5) is 13.9. The van der Waals surface area contributed by atoms with Crippen LogP contribution >= 0.6 is 46.3 Å². The van der Waals surface area contributed by atoms with Crippen LogP contribution in [0.2, 0.25) is 10.0 Å². The molecule has 11 heteroatoms. The Labute approximate surface area is 216 Å². The molecule has 178 valence electrons. The third kappa shape index (κ3) is 5.69. The van der Waals surface area contributed by atoms with Gasteiger partial charge in [0.15, 0.2) is 11.0 Å². The van der Waals surface area contributed by atoms with Gasteiger partial charge in [-0.1, -0.05) is 41.4 Å². The molecule has 2 aromatic heterocycles. The molecule has 4 rings (SSSR count). The van der Waals surface area contributed by atoms with E-state index in [9.17, 15) is 10.1 Å². The van der Waals surface area contributed by atoms with Crippen LogP contribution in [0.1, 0.15) is 48.0 Å². The number of thiophene rings is 1. The fourth-order valence-corrected chi connectivity index (χ4v) is 6.23. The average molecular weight is 537 g/mol. The zero-order valence-corrected chi connectivity index (χ0v) is 21.7. The van der Waals surface area contributed by atoms with Gasteiger partial charge in [-0.25, -0.2) is 0 Å². The van der Waals surface area contributed by atoms with Crippen molar-refractivity contribution in [3.8, 4) is 11.8 Å². The van der Waals surface area contributed by atoms with E-state index in [-0.39, 0.29) is 18.3 Å². The van der Waals surface area contributed by atoms with Crippen LogP contribution in [0.4, 0.5) is 5.00 Å². The maximum atomic E-state index is 12.7. The first kappa shape index (κ1) is 24.9. The Bertz CT molecular complexity index is 1230. The highest BCUT2D eigenvalue weighted by molar-refractivity contribution is 7.99. The van der Waals surface area contributed by atoms with Crippen LogP contribution in [0.25, 0.3) is 0 Å². The normalized spacial score (nSPS) is 13.1. The Morgan fingerprint density at radius 2 is 2.12 bits per heavy atom. The Morgan fingerprint density at radius 3 is 2.91 bits per heavy atom. The molecule has 0 unspecified atom stereocenters. The lowest BCUT2D eigenvalue weighted by atomic mass is 10.1. The van der Waals surface area contributed by atoms with Gasteiger partial charge in [-0.3, -0.25) is 4.79 Å². The minimum Gasteiger partial charge on any atom is -0.484 e. The summed E-state index contributed by atoms with van der Waals surface area (Å²) in [5.41, 5.74) is 1.74. The van der Waals surface area contributed by atoms with Gasteiger partial charge in [-0.05, 0) is 50.3 Å². The monoisotopic (exact) mass is 535 g/mol. The second kappa shape index (κ2) is 11.5. The molecule has 0 atom stereocenters. The van der Waals surface area contributed by atoms with Gasteiger partial charge in [-0.2, -0.15) is 5.26 Å². The molecule has 0 radical (unpaired) electrons. The van der Waals surface area contributed by atoms with Gasteiger partial charge in [-0.15, -0.1) is 21.5 Å². The number of ether oxygens (including phenoxy) is 1. The zero-order chi connectivity index (χ0) is 24.1. The van der Waals surface area contributed by atoms with E-state index in [2.05, 4.69) is 21.6 Å². The number of amides is 1. The minimum absolute atomic E-state index is 0.159. The molecule has 0 spiro atoms. The van der Waals surface area contributed by atoms with E-state index >= 15 is 0 Å². The molecule has 1 amide bonds. The average Bonchev–Trinajstić information content (AvgIpc) is 3.29. The van der Waals surface area contributed by atoms with E-state index in [1.165, 1.54) is 34.4 Å². The van der Waals surface area contributed by atoms with Gasteiger partial charge < -0.3 is 14.6 Å². The summed E-state index contributed by atoms with van der Waals surface area (Å²) in [6.45, 7) is 2.76. The van der Waals surface area contributed by atoms with Crippen molar-refractivity contribution in [3.05, 3.63) is 50.1 Å². The van der Waals surface area contributed by atoms with Crippen LogP contribution in [0.15, 0.2) is 23.4 Å². The van der Waals surface area contributed by atoms with Crippen LogP contribution in [0.5, 0.6) is 5.75 Å². The van der Waals surface area contributed by atoms with Gasteiger partial charge in [0.2, 0.25) is 5.91 Å². The van der Waals surface area contributed by atoms with Crippen LogP contribution in [0.3, 0.4) is 0 Å². The number of thioether (sulfide) groups is 1. The molecule has 3 aromatic rings. The lowest BCUT2D eigenvalue weighted by Crippen LogP contribution is -2.15. The molecule has 0 saturated carbocycles.